The average Bonchev–Trinajstić information content (AvgIpc) is 2.49. The van der Waals surface area contributed by atoms with E-state index in [0.717, 1.165) is 5.56 Å². The molecule has 0 saturated heterocycles. The maximum absolute atomic E-state index is 13.7. The van der Waals surface area contributed by atoms with Gasteiger partial charge in [0, 0.05) is 5.56 Å². The van der Waals surface area contributed by atoms with Gasteiger partial charge in [-0.15, -0.1) is 0 Å². The molecule has 1 nitrogen and oxygen atoms in total. The second kappa shape index (κ2) is 6.22. The van der Waals surface area contributed by atoms with E-state index in [2.05, 4.69) is 10.5 Å². The van der Waals surface area contributed by atoms with Crippen molar-refractivity contribution in [3.05, 3.63) is 59.2 Å². The molecule has 2 aromatic carbocycles. The van der Waals surface area contributed by atoms with Crippen molar-refractivity contribution in [2.24, 2.45) is 0 Å². The van der Waals surface area contributed by atoms with E-state index in [1.54, 1.807) is 12.1 Å². The van der Waals surface area contributed by atoms with Crippen molar-refractivity contribution in [3.8, 4) is 11.1 Å². The van der Waals surface area contributed by atoms with Crippen LogP contribution in [0.15, 0.2) is 30.3 Å². The molecule has 0 unspecified atom stereocenters. The van der Waals surface area contributed by atoms with Gasteiger partial charge in [0.25, 0.3) is 0 Å². The molecule has 115 valence electrons. The van der Waals surface area contributed by atoms with E-state index in [1.807, 2.05) is 13.8 Å². The molecule has 0 bridgehead atoms. The molecule has 22 heavy (non-hydrogen) atoms. The molecular formula is C16H13F4OSi. The highest BCUT2D eigenvalue weighted by molar-refractivity contribution is 5.98. The largest absolute Gasteiger partial charge is 0.413 e. The highest BCUT2D eigenvalue weighted by atomic mass is 28.2. The van der Waals surface area contributed by atoms with E-state index in [-0.39, 0.29) is 11.1 Å². The van der Waals surface area contributed by atoms with Crippen LogP contribution in [0.5, 0.6) is 0 Å². The first kappa shape index (κ1) is 16.7. The van der Waals surface area contributed by atoms with Crippen molar-refractivity contribution in [3.63, 3.8) is 0 Å². The SMILES string of the molecule is CC(C)(Cc1ccc(-c2cc(F)c(F)c(F)c2F)cc1)O[Si]. The fourth-order valence-electron chi connectivity index (χ4n) is 2.11. The van der Waals surface area contributed by atoms with E-state index in [9.17, 15) is 17.6 Å². The zero-order valence-corrected chi connectivity index (χ0v) is 13.0. The Morgan fingerprint density at radius 2 is 1.55 bits per heavy atom. The molecule has 0 amide bonds. The highest BCUT2D eigenvalue weighted by Crippen LogP contribution is 2.28. The summed E-state index contributed by atoms with van der Waals surface area (Å²) in [5.74, 6) is -6.46. The number of hydrogen-bond donors (Lipinski definition) is 0. The van der Waals surface area contributed by atoms with Gasteiger partial charge in [0.1, 0.15) is 0 Å². The van der Waals surface area contributed by atoms with Gasteiger partial charge in [-0.2, -0.15) is 0 Å². The van der Waals surface area contributed by atoms with Crippen LogP contribution in [0.25, 0.3) is 11.1 Å². The Kier molecular flexibility index (Phi) is 4.72. The van der Waals surface area contributed by atoms with Crippen LogP contribution in [-0.4, -0.2) is 16.1 Å². The van der Waals surface area contributed by atoms with Gasteiger partial charge in [-0.3, -0.25) is 0 Å². The maximum Gasteiger partial charge on any atom is 0.246 e. The summed E-state index contributed by atoms with van der Waals surface area (Å²) in [6.07, 6.45) is 0.575. The summed E-state index contributed by atoms with van der Waals surface area (Å²) in [5.41, 5.74) is 0.391. The molecule has 0 aromatic heterocycles. The summed E-state index contributed by atoms with van der Waals surface area (Å²) >= 11 is 0. The Bertz CT molecular complexity index is 684. The lowest BCUT2D eigenvalue weighted by Gasteiger charge is -2.23. The van der Waals surface area contributed by atoms with Gasteiger partial charge in [0.05, 0.1) is 5.60 Å². The molecule has 0 saturated carbocycles. The minimum Gasteiger partial charge on any atom is -0.413 e. The van der Waals surface area contributed by atoms with Crippen molar-refractivity contribution in [2.75, 3.05) is 0 Å². The third kappa shape index (κ3) is 3.39. The normalized spacial score (nSPS) is 11.8. The highest BCUT2D eigenvalue weighted by Gasteiger charge is 2.20. The van der Waals surface area contributed by atoms with Crippen LogP contribution < -0.4 is 0 Å². The van der Waals surface area contributed by atoms with E-state index in [4.69, 9.17) is 4.43 Å². The van der Waals surface area contributed by atoms with Crippen molar-refractivity contribution < 1.29 is 22.0 Å². The van der Waals surface area contributed by atoms with Gasteiger partial charge in [-0.1, -0.05) is 24.3 Å². The first-order chi connectivity index (χ1) is 10.2. The van der Waals surface area contributed by atoms with Crippen LogP contribution in [0.2, 0.25) is 0 Å². The summed E-state index contributed by atoms with van der Waals surface area (Å²) in [6.45, 7) is 3.75. The Morgan fingerprint density at radius 3 is 2.09 bits per heavy atom. The van der Waals surface area contributed by atoms with Gasteiger partial charge in [0.15, 0.2) is 23.3 Å². The molecule has 0 atom stereocenters. The Balaban J connectivity index is 2.36. The molecule has 0 aliphatic carbocycles. The molecule has 0 aliphatic rings. The third-order valence-corrected chi connectivity index (χ3v) is 3.83. The van der Waals surface area contributed by atoms with Crippen LogP contribution in [0.3, 0.4) is 0 Å². The van der Waals surface area contributed by atoms with Crippen molar-refractivity contribution >= 4 is 10.5 Å². The van der Waals surface area contributed by atoms with Gasteiger partial charge in [0.2, 0.25) is 10.5 Å². The lowest BCUT2D eigenvalue weighted by atomic mass is 9.96. The fraction of sp³-hybridized carbons (Fsp3) is 0.250. The quantitative estimate of drug-likeness (QED) is 0.352. The van der Waals surface area contributed by atoms with E-state index < -0.39 is 28.9 Å². The topological polar surface area (TPSA) is 9.23 Å². The second-order valence-corrected chi connectivity index (χ2v) is 5.79. The van der Waals surface area contributed by atoms with E-state index in [0.29, 0.717) is 12.5 Å². The summed E-state index contributed by atoms with van der Waals surface area (Å²) < 4.78 is 58.4. The molecule has 6 heteroatoms. The number of halogens is 4. The average molecular weight is 325 g/mol. The summed E-state index contributed by atoms with van der Waals surface area (Å²) in [4.78, 5) is 0. The molecule has 3 radical (unpaired) electrons. The minimum atomic E-state index is -1.81. The maximum atomic E-state index is 13.7. The molecule has 2 rings (SSSR count). The molecule has 0 aliphatic heterocycles. The van der Waals surface area contributed by atoms with Crippen LogP contribution in [-0.2, 0) is 10.8 Å². The first-order valence-electron chi connectivity index (χ1n) is 6.52. The predicted molar refractivity (Wildman–Crippen MR) is 76.3 cm³/mol. The van der Waals surface area contributed by atoms with E-state index >= 15 is 0 Å². The molecule has 0 heterocycles. The van der Waals surface area contributed by atoms with Crippen LogP contribution in [0.1, 0.15) is 19.4 Å². The van der Waals surface area contributed by atoms with E-state index in [1.165, 1.54) is 12.1 Å². The van der Waals surface area contributed by atoms with Gasteiger partial charge >= 0.3 is 0 Å². The zero-order valence-electron chi connectivity index (χ0n) is 12.0. The fourth-order valence-corrected chi connectivity index (χ4v) is 2.18. The van der Waals surface area contributed by atoms with Crippen molar-refractivity contribution in [1.29, 1.82) is 0 Å². The third-order valence-electron chi connectivity index (χ3n) is 3.27. The lowest BCUT2D eigenvalue weighted by Crippen LogP contribution is -2.26. The van der Waals surface area contributed by atoms with Crippen LogP contribution in [0.4, 0.5) is 17.6 Å². The van der Waals surface area contributed by atoms with Gasteiger partial charge in [-0.25, -0.2) is 17.6 Å². The monoisotopic (exact) mass is 325 g/mol. The summed E-state index contributed by atoms with van der Waals surface area (Å²) in [5, 5.41) is 0. The molecule has 0 fully saturated rings. The Hall–Kier alpha value is -1.66. The van der Waals surface area contributed by atoms with Crippen LogP contribution >= 0.6 is 0 Å². The molecular weight excluding hydrogens is 312 g/mol. The molecule has 0 spiro atoms. The van der Waals surface area contributed by atoms with Crippen molar-refractivity contribution in [1.82, 2.24) is 0 Å². The van der Waals surface area contributed by atoms with Gasteiger partial charge in [-0.05, 0) is 37.5 Å². The smallest absolute Gasteiger partial charge is 0.246 e. The predicted octanol–water partition coefficient (Wildman–Crippen LogP) is 4.33. The standard InChI is InChI=1S/C16H13F4OSi/c1-16(2,21-22)8-9-3-5-10(6-4-9)11-7-12(17)14(19)15(20)13(11)18/h3-7H,8H2,1-2H3. The van der Waals surface area contributed by atoms with Crippen LogP contribution in [0, 0.1) is 23.3 Å². The summed E-state index contributed by atoms with van der Waals surface area (Å²) in [7, 11) is 2.99. The number of benzene rings is 2. The first-order valence-corrected chi connectivity index (χ1v) is 6.93. The number of rotatable bonds is 4. The number of hydrogen-bond acceptors (Lipinski definition) is 1. The summed E-state index contributed by atoms with van der Waals surface area (Å²) in [6, 6.07) is 7.08. The molecule has 0 N–H and O–H groups in total. The Morgan fingerprint density at radius 1 is 0.955 bits per heavy atom. The Labute approximate surface area is 129 Å². The van der Waals surface area contributed by atoms with Gasteiger partial charge < -0.3 is 4.43 Å². The minimum absolute atomic E-state index is 0.260. The lowest BCUT2D eigenvalue weighted by molar-refractivity contribution is 0.124. The second-order valence-electron chi connectivity index (χ2n) is 5.58. The van der Waals surface area contributed by atoms with Crippen molar-refractivity contribution in [2.45, 2.75) is 25.9 Å². The zero-order chi connectivity index (χ0) is 16.5. The molecule has 2 aromatic rings.